The summed E-state index contributed by atoms with van der Waals surface area (Å²) in [6.45, 7) is 6.19. The van der Waals surface area contributed by atoms with Crippen LogP contribution in [0.3, 0.4) is 0 Å². The number of esters is 4. The Morgan fingerprint density at radius 1 is 0.614 bits per heavy atom. The van der Waals surface area contributed by atoms with Gasteiger partial charge in [0, 0.05) is 32.1 Å². The van der Waals surface area contributed by atoms with Gasteiger partial charge in [-0.1, -0.05) is 78.6 Å². The monoisotopic (exact) mass is 620 g/mol. The Labute approximate surface area is 261 Å². The van der Waals surface area contributed by atoms with E-state index in [1.165, 1.54) is 12.1 Å². The molecule has 1 unspecified atom stereocenters. The molecule has 2 rings (SSSR count). The lowest BCUT2D eigenvalue weighted by atomic mass is 9.92. The highest BCUT2D eigenvalue weighted by Gasteiger charge is 2.31. The van der Waals surface area contributed by atoms with Crippen molar-refractivity contribution in [3.63, 3.8) is 0 Å². The normalized spacial score (nSPS) is 18.0. The van der Waals surface area contributed by atoms with E-state index in [2.05, 4.69) is 20.8 Å². The van der Waals surface area contributed by atoms with E-state index in [0.29, 0.717) is 19.3 Å². The lowest BCUT2D eigenvalue weighted by Gasteiger charge is -2.29. The molecule has 0 saturated heterocycles. The summed E-state index contributed by atoms with van der Waals surface area (Å²) in [7, 11) is 0. The second-order valence-corrected chi connectivity index (χ2v) is 11.7. The number of carbonyl (C=O) groups excluding carboxylic acids is 4. The summed E-state index contributed by atoms with van der Waals surface area (Å²) < 4.78 is 22.5. The highest BCUT2D eigenvalue weighted by atomic mass is 16.6. The predicted molar refractivity (Wildman–Crippen MR) is 165 cm³/mol. The fraction of sp³-hybridized carbons (Fsp3) is 0.706. The minimum atomic E-state index is -0.825. The number of carbonyl (C=O) groups is 4. The van der Waals surface area contributed by atoms with Crippen molar-refractivity contribution in [1.82, 2.24) is 0 Å². The van der Waals surface area contributed by atoms with Crippen LogP contribution in [0, 0.1) is 0 Å². The molecule has 1 aromatic rings. The van der Waals surface area contributed by atoms with E-state index in [4.69, 9.17) is 18.9 Å². The summed E-state index contributed by atoms with van der Waals surface area (Å²) in [4.78, 5) is 51.7. The zero-order valence-corrected chi connectivity index (χ0v) is 26.8. The Morgan fingerprint density at radius 2 is 1.02 bits per heavy atom. The fourth-order valence-corrected chi connectivity index (χ4v) is 5.07. The summed E-state index contributed by atoms with van der Waals surface area (Å²) in [5.41, 5.74) is -0.0927. The minimum Gasteiger partial charge on any atom is -0.459 e. The molecule has 248 valence electrons. The molecule has 0 spiro atoms. The van der Waals surface area contributed by atoms with Crippen LogP contribution in [0.1, 0.15) is 147 Å². The predicted octanol–water partition coefficient (Wildman–Crippen LogP) is 6.75. The molecule has 0 amide bonds. The maximum atomic E-state index is 13.3. The molecule has 0 bridgehead atoms. The average Bonchev–Trinajstić information content (AvgIpc) is 2.96. The van der Waals surface area contributed by atoms with Crippen molar-refractivity contribution in [2.75, 3.05) is 0 Å². The van der Waals surface area contributed by atoms with Gasteiger partial charge in [-0.15, -0.1) is 0 Å². The zero-order chi connectivity index (χ0) is 32.3. The van der Waals surface area contributed by atoms with Crippen LogP contribution in [0.15, 0.2) is 12.1 Å². The van der Waals surface area contributed by atoms with E-state index in [9.17, 15) is 29.4 Å². The first-order chi connectivity index (χ1) is 21.2. The second-order valence-electron chi connectivity index (χ2n) is 11.7. The minimum absolute atomic E-state index is 0.0927. The molecule has 10 nitrogen and oxygen atoms in total. The SMILES string of the molecule is CCCCCCC(=O)Oc1cc(C(=O)OC2C[C@@H](O)C[C@@H](O)C2)cc(OC(=O)CCCCCC)c1OC(=O)CCCCCC. The number of unbranched alkanes of at least 4 members (excludes halogenated alkanes) is 9. The van der Waals surface area contributed by atoms with E-state index in [-0.39, 0.29) is 61.3 Å². The van der Waals surface area contributed by atoms with Crippen molar-refractivity contribution in [3.05, 3.63) is 17.7 Å². The first-order valence-corrected chi connectivity index (χ1v) is 16.5. The largest absolute Gasteiger partial charge is 0.459 e. The Balaban J connectivity index is 2.40. The maximum Gasteiger partial charge on any atom is 0.338 e. The number of hydrogen-bond acceptors (Lipinski definition) is 10. The number of ether oxygens (including phenoxy) is 4. The van der Waals surface area contributed by atoms with Gasteiger partial charge in [0.05, 0.1) is 17.8 Å². The van der Waals surface area contributed by atoms with E-state index >= 15 is 0 Å². The van der Waals surface area contributed by atoms with Crippen LogP contribution in [0.25, 0.3) is 0 Å². The lowest BCUT2D eigenvalue weighted by Crippen LogP contribution is -2.35. The Hall–Kier alpha value is -2.98. The molecule has 0 heterocycles. The van der Waals surface area contributed by atoms with Crippen molar-refractivity contribution in [1.29, 1.82) is 0 Å². The molecule has 1 aliphatic carbocycles. The third-order valence-corrected chi connectivity index (χ3v) is 7.51. The third-order valence-electron chi connectivity index (χ3n) is 7.51. The Bertz CT molecular complexity index is 995. The highest BCUT2D eigenvalue weighted by molar-refractivity contribution is 5.92. The van der Waals surface area contributed by atoms with E-state index < -0.39 is 42.2 Å². The molecule has 3 atom stereocenters. The maximum absolute atomic E-state index is 13.3. The summed E-state index contributed by atoms with van der Waals surface area (Å²) in [6, 6.07) is 2.47. The van der Waals surface area contributed by atoms with E-state index in [1.54, 1.807) is 0 Å². The Kier molecular flexibility index (Phi) is 17.7. The molecule has 1 fully saturated rings. The molecule has 0 radical (unpaired) electrons. The third kappa shape index (κ3) is 14.2. The number of rotatable bonds is 20. The highest BCUT2D eigenvalue weighted by Crippen LogP contribution is 2.40. The van der Waals surface area contributed by atoms with Crippen molar-refractivity contribution >= 4 is 23.9 Å². The number of aliphatic hydroxyl groups is 2. The van der Waals surface area contributed by atoms with Gasteiger partial charge in [-0.3, -0.25) is 14.4 Å². The van der Waals surface area contributed by atoms with Gasteiger partial charge >= 0.3 is 23.9 Å². The van der Waals surface area contributed by atoms with Crippen molar-refractivity contribution < 1.29 is 48.3 Å². The van der Waals surface area contributed by atoms with Gasteiger partial charge in [-0.2, -0.15) is 0 Å². The Morgan fingerprint density at radius 3 is 1.43 bits per heavy atom. The standard InChI is InChI=1S/C34H52O10/c1-4-7-10-13-16-30(37)42-28-19-24(34(40)41-27-22-25(35)21-26(36)23-27)20-29(43-31(38)17-14-11-8-5-2)33(28)44-32(39)18-15-12-9-6-3/h19-20,25-27,35-36H,4-18,21-23H2,1-3H3/t25-,26+,27?. The molecular weight excluding hydrogens is 568 g/mol. The molecule has 44 heavy (non-hydrogen) atoms. The molecule has 0 aliphatic heterocycles. The van der Waals surface area contributed by atoms with Crippen LogP contribution in [0.5, 0.6) is 17.2 Å². The van der Waals surface area contributed by atoms with E-state index in [0.717, 1.165) is 57.8 Å². The van der Waals surface area contributed by atoms with Crippen molar-refractivity contribution in [2.45, 2.75) is 155 Å². The molecular formula is C34H52O10. The number of aliphatic hydroxyl groups excluding tert-OH is 2. The van der Waals surface area contributed by atoms with Gasteiger partial charge in [-0.25, -0.2) is 4.79 Å². The topological polar surface area (TPSA) is 146 Å². The van der Waals surface area contributed by atoms with Gasteiger partial charge in [0.15, 0.2) is 11.5 Å². The summed E-state index contributed by atoms with van der Waals surface area (Å²) in [6.07, 6.45) is 8.76. The fourth-order valence-electron chi connectivity index (χ4n) is 5.07. The quantitative estimate of drug-likeness (QED) is 0.0912. The summed E-state index contributed by atoms with van der Waals surface area (Å²) in [5, 5.41) is 20.1. The van der Waals surface area contributed by atoms with E-state index in [1.807, 2.05) is 0 Å². The van der Waals surface area contributed by atoms with Crippen LogP contribution < -0.4 is 14.2 Å². The van der Waals surface area contributed by atoms with Gasteiger partial charge in [-0.05, 0) is 37.8 Å². The van der Waals surface area contributed by atoms with Gasteiger partial charge < -0.3 is 29.2 Å². The second kappa shape index (κ2) is 20.9. The first-order valence-electron chi connectivity index (χ1n) is 16.5. The van der Waals surface area contributed by atoms with Gasteiger partial charge in [0.25, 0.3) is 0 Å². The smallest absolute Gasteiger partial charge is 0.338 e. The van der Waals surface area contributed by atoms with Gasteiger partial charge in [0.2, 0.25) is 5.75 Å². The molecule has 1 saturated carbocycles. The number of benzene rings is 1. The first kappa shape index (κ1) is 37.2. The summed E-state index contributed by atoms with van der Waals surface area (Å²) >= 11 is 0. The van der Waals surface area contributed by atoms with Crippen LogP contribution >= 0.6 is 0 Å². The molecule has 1 aliphatic rings. The van der Waals surface area contributed by atoms with Crippen molar-refractivity contribution in [3.8, 4) is 17.2 Å². The molecule has 1 aromatic carbocycles. The molecule has 0 aromatic heterocycles. The number of hydrogen-bond donors (Lipinski definition) is 2. The van der Waals surface area contributed by atoms with Crippen LogP contribution in [-0.4, -0.2) is 52.4 Å². The van der Waals surface area contributed by atoms with Crippen LogP contribution in [0.4, 0.5) is 0 Å². The van der Waals surface area contributed by atoms with Gasteiger partial charge in [0.1, 0.15) is 6.10 Å². The zero-order valence-electron chi connectivity index (χ0n) is 26.8. The molecule has 10 heteroatoms. The van der Waals surface area contributed by atoms with Crippen molar-refractivity contribution in [2.24, 2.45) is 0 Å². The van der Waals surface area contributed by atoms with Crippen LogP contribution in [0.2, 0.25) is 0 Å². The average molecular weight is 621 g/mol. The molecule has 2 N–H and O–H groups in total. The lowest BCUT2D eigenvalue weighted by molar-refractivity contribution is -0.138. The summed E-state index contributed by atoms with van der Waals surface area (Å²) in [5.74, 6) is -3.26. The van der Waals surface area contributed by atoms with Crippen LogP contribution in [-0.2, 0) is 19.1 Å².